The SMILES string of the molecule is COC(=O)C1=C2Nc3ccccc3[C@@]23CCN2CC=C[C@@]([C@@H](C)Cl)(C1)[C@H]23. The van der Waals surface area contributed by atoms with Crippen LogP contribution in [0, 0.1) is 5.41 Å². The Morgan fingerprint density at radius 2 is 2.23 bits per heavy atom. The van der Waals surface area contributed by atoms with Gasteiger partial charge in [-0.1, -0.05) is 30.4 Å². The highest BCUT2D eigenvalue weighted by Gasteiger charge is 2.66. The number of ether oxygens (including phenoxy) is 1. The molecule has 0 saturated carbocycles. The fourth-order valence-electron chi connectivity index (χ4n) is 5.98. The molecule has 4 aliphatic rings. The van der Waals surface area contributed by atoms with Crippen molar-refractivity contribution in [3.05, 3.63) is 53.3 Å². The summed E-state index contributed by atoms with van der Waals surface area (Å²) in [6, 6.07) is 8.71. The molecule has 26 heavy (non-hydrogen) atoms. The average molecular weight is 371 g/mol. The molecule has 1 aromatic carbocycles. The molecular formula is C21H23ClN2O2. The fraction of sp³-hybridized carbons (Fsp3) is 0.476. The number of benzene rings is 1. The summed E-state index contributed by atoms with van der Waals surface area (Å²) < 4.78 is 5.19. The Hall–Kier alpha value is -1.78. The number of carbonyl (C=O) groups is 1. The molecule has 4 nitrogen and oxygen atoms in total. The number of hydrogen-bond acceptors (Lipinski definition) is 4. The van der Waals surface area contributed by atoms with Crippen molar-refractivity contribution in [3.8, 4) is 0 Å². The van der Waals surface area contributed by atoms with Gasteiger partial charge >= 0.3 is 5.97 Å². The first-order valence-electron chi connectivity index (χ1n) is 9.29. The van der Waals surface area contributed by atoms with Gasteiger partial charge in [0.05, 0.1) is 18.1 Å². The van der Waals surface area contributed by atoms with E-state index >= 15 is 0 Å². The number of nitrogens with one attached hydrogen (secondary N) is 1. The first-order chi connectivity index (χ1) is 12.5. The predicted octanol–water partition coefficient (Wildman–Crippen LogP) is 3.44. The van der Waals surface area contributed by atoms with Gasteiger partial charge in [0.2, 0.25) is 0 Å². The number of esters is 1. The molecule has 1 spiro atoms. The molecule has 0 bridgehead atoms. The van der Waals surface area contributed by atoms with Crippen LogP contribution >= 0.6 is 11.6 Å². The van der Waals surface area contributed by atoms with Crippen molar-refractivity contribution in [1.82, 2.24) is 4.90 Å². The number of anilines is 1. The summed E-state index contributed by atoms with van der Waals surface area (Å²) in [5, 5.41) is 3.51. The van der Waals surface area contributed by atoms with Crippen LogP contribution in [0.3, 0.4) is 0 Å². The molecule has 0 aromatic heterocycles. The van der Waals surface area contributed by atoms with E-state index in [1.807, 2.05) is 6.07 Å². The van der Waals surface area contributed by atoms with E-state index in [2.05, 4.69) is 47.5 Å². The molecule has 1 aliphatic carbocycles. The van der Waals surface area contributed by atoms with Crippen molar-refractivity contribution in [2.75, 3.05) is 25.5 Å². The number of methoxy groups -OCH3 is 1. The Labute approximate surface area is 158 Å². The number of hydrogen-bond donors (Lipinski definition) is 1. The number of alkyl halides is 1. The van der Waals surface area contributed by atoms with E-state index in [0.717, 1.165) is 36.5 Å². The third-order valence-electron chi connectivity index (χ3n) is 6.97. The Morgan fingerprint density at radius 1 is 1.42 bits per heavy atom. The van der Waals surface area contributed by atoms with Gasteiger partial charge in [-0.2, -0.15) is 0 Å². The molecule has 1 N–H and O–H groups in total. The standard InChI is InChI=1S/C21H23ClN2O2/c1-13(22)20-8-5-10-24-11-9-21(19(20)24)15-6-3-4-7-16(15)23-17(21)14(12-20)18(25)26-2/h3-8,13,19,23H,9-12H2,1-2H3/t13-,19+,20+,21+/m1/s1. The van der Waals surface area contributed by atoms with E-state index in [-0.39, 0.29) is 28.2 Å². The minimum atomic E-state index is -0.275. The number of fused-ring (bicyclic) bond motifs is 1. The lowest BCUT2D eigenvalue weighted by Crippen LogP contribution is -2.61. The van der Waals surface area contributed by atoms with Crippen molar-refractivity contribution in [2.24, 2.45) is 5.41 Å². The topological polar surface area (TPSA) is 41.6 Å². The molecule has 0 unspecified atom stereocenters. The van der Waals surface area contributed by atoms with E-state index in [1.165, 1.54) is 12.7 Å². The summed E-state index contributed by atoms with van der Waals surface area (Å²) in [5.74, 6) is -0.243. The maximum atomic E-state index is 12.8. The highest BCUT2D eigenvalue weighted by Crippen LogP contribution is 2.64. The minimum Gasteiger partial charge on any atom is -0.466 e. The van der Waals surface area contributed by atoms with Crippen molar-refractivity contribution in [2.45, 2.75) is 36.6 Å². The quantitative estimate of drug-likeness (QED) is 0.492. The molecule has 136 valence electrons. The predicted molar refractivity (Wildman–Crippen MR) is 102 cm³/mol. The van der Waals surface area contributed by atoms with Gasteiger partial charge in [-0.05, 0) is 31.4 Å². The van der Waals surface area contributed by atoms with Crippen LogP contribution in [0.5, 0.6) is 0 Å². The van der Waals surface area contributed by atoms with Gasteiger partial charge in [-0.15, -0.1) is 11.6 Å². The van der Waals surface area contributed by atoms with Gasteiger partial charge in [0.1, 0.15) is 0 Å². The molecule has 0 amide bonds. The normalized spacial score (nSPS) is 35.4. The first kappa shape index (κ1) is 16.4. The zero-order valence-electron chi connectivity index (χ0n) is 15.1. The van der Waals surface area contributed by atoms with E-state index in [1.54, 1.807) is 0 Å². The lowest BCUT2D eigenvalue weighted by molar-refractivity contribution is -0.137. The summed E-state index contributed by atoms with van der Waals surface area (Å²) in [5.41, 5.74) is 3.70. The van der Waals surface area contributed by atoms with Crippen molar-refractivity contribution < 1.29 is 9.53 Å². The van der Waals surface area contributed by atoms with Crippen LogP contribution in [0.15, 0.2) is 47.7 Å². The van der Waals surface area contributed by atoms with Crippen LogP contribution in [-0.2, 0) is 14.9 Å². The van der Waals surface area contributed by atoms with Crippen LogP contribution in [0.4, 0.5) is 5.69 Å². The van der Waals surface area contributed by atoms with Crippen LogP contribution in [0.1, 0.15) is 25.3 Å². The molecule has 1 saturated heterocycles. The first-order valence-corrected chi connectivity index (χ1v) is 9.72. The molecular weight excluding hydrogens is 348 g/mol. The Morgan fingerprint density at radius 3 is 3.00 bits per heavy atom. The molecule has 1 fully saturated rings. The maximum absolute atomic E-state index is 12.8. The smallest absolute Gasteiger partial charge is 0.335 e. The lowest BCUT2D eigenvalue weighted by atomic mass is 9.55. The zero-order chi connectivity index (χ0) is 18.1. The summed E-state index contributed by atoms with van der Waals surface area (Å²) >= 11 is 6.83. The van der Waals surface area contributed by atoms with E-state index in [0.29, 0.717) is 6.42 Å². The van der Waals surface area contributed by atoms with E-state index < -0.39 is 0 Å². The molecule has 4 atom stereocenters. The fourth-order valence-corrected chi connectivity index (χ4v) is 6.25. The molecule has 5 heteroatoms. The zero-order valence-corrected chi connectivity index (χ0v) is 15.8. The maximum Gasteiger partial charge on any atom is 0.335 e. The Bertz CT molecular complexity index is 861. The molecule has 3 heterocycles. The van der Waals surface area contributed by atoms with Crippen LogP contribution in [-0.4, -0.2) is 42.5 Å². The highest BCUT2D eigenvalue weighted by atomic mass is 35.5. The van der Waals surface area contributed by atoms with Gasteiger partial charge in [-0.3, -0.25) is 4.90 Å². The largest absolute Gasteiger partial charge is 0.466 e. The number of para-hydroxylation sites is 1. The van der Waals surface area contributed by atoms with E-state index in [4.69, 9.17) is 16.3 Å². The summed E-state index contributed by atoms with van der Waals surface area (Å²) in [4.78, 5) is 15.3. The van der Waals surface area contributed by atoms with Gasteiger partial charge in [-0.25, -0.2) is 4.79 Å². The molecule has 5 rings (SSSR count). The summed E-state index contributed by atoms with van der Waals surface area (Å²) in [7, 11) is 1.46. The average Bonchev–Trinajstić information content (AvgIpc) is 3.21. The van der Waals surface area contributed by atoms with Crippen LogP contribution < -0.4 is 5.32 Å². The third-order valence-corrected chi connectivity index (χ3v) is 7.38. The minimum absolute atomic E-state index is 0.0875. The van der Waals surface area contributed by atoms with Gasteiger partial charge < -0.3 is 10.1 Å². The Balaban J connectivity index is 1.84. The van der Waals surface area contributed by atoms with Crippen molar-refractivity contribution in [1.29, 1.82) is 0 Å². The number of carbonyl (C=O) groups excluding carboxylic acids is 1. The number of rotatable bonds is 2. The monoisotopic (exact) mass is 370 g/mol. The molecule has 0 radical (unpaired) electrons. The van der Waals surface area contributed by atoms with E-state index in [9.17, 15) is 4.79 Å². The number of nitrogens with zero attached hydrogens (tertiary/aromatic N) is 1. The third kappa shape index (κ3) is 1.77. The molecule has 1 aromatic rings. The summed E-state index contributed by atoms with van der Waals surface area (Å²) in [6.07, 6.45) is 6.10. The Kier molecular flexibility index (Phi) is 3.38. The van der Waals surface area contributed by atoms with Gasteiger partial charge in [0.25, 0.3) is 0 Å². The lowest BCUT2D eigenvalue weighted by Gasteiger charge is -2.55. The highest BCUT2D eigenvalue weighted by molar-refractivity contribution is 6.21. The number of halogens is 1. The van der Waals surface area contributed by atoms with Gasteiger partial charge in [0.15, 0.2) is 0 Å². The molecule has 3 aliphatic heterocycles. The van der Waals surface area contributed by atoms with Crippen molar-refractivity contribution >= 4 is 23.3 Å². The van der Waals surface area contributed by atoms with Crippen LogP contribution in [0.25, 0.3) is 0 Å². The van der Waals surface area contributed by atoms with Gasteiger partial charge in [0, 0.05) is 41.3 Å². The second-order valence-corrected chi connectivity index (χ2v) is 8.60. The summed E-state index contributed by atoms with van der Waals surface area (Å²) in [6.45, 7) is 4.02. The van der Waals surface area contributed by atoms with Crippen molar-refractivity contribution in [3.63, 3.8) is 0 Å². The van der Waals surface area contributed by atoms with Crippen LogP contribution in [0.2, 0.25) is 0 Å². The second kappa shape index (κ2) is 5.37. The second-order valence-electron chi connectivity index (χ2n) is 7.94.